The normalized spacial score (nSPS) is 17.7. The molecule has 1 aliphatic carbocycles. The smallest absolute Gasteiger partial charge is 0.263 e. The average Bonchev–Trinajstić information content (AvgIpc) is 3.52. The van der Waals surface area contributed by atoms with Crippen molar-refractivity contribution in [1.82, 2.24) is 34.9 Å². The predicted octanol–water partition coefficient (Wildman–Crippen LogP) is 2.81. The lowest BCUT2D eigenvalue weighted by Crippen LogP contribution is -2.20. The summed E-state index contributed by atoms with van der Waals surface area (Å²) in [6.07, 6.45) is 11.8. The summed E-state index contributed by atoms with van der Waals surface area (Å²) in [6, 6.07) is 7.83. The first-order valence-corrected chi connectivity index (χ1v) is 11.0. The molecule has 10 heteroatoms. The number of pyridine rings is 2. The molecule has 4 heterocycles. The lowest BCUT2D eigenvalue weighted by molar-refractivity contribution is 0.569. The number of aromatic amines is 1. The number of anilines is 2. The first kappa shape index (κ1) is 20.8. The van der Waals surface area contributed by atoms with Crippen LogP contribution in [0, 0.1) is 12.8 Å². The maximum Gasteiger partial charge on any atom is 0.263 e. The van der Waals surface area contributed by atoms with E-state index in [9.17, 15) is 4.79 Å². The molecule has 1 saturated carbocycles. The van der Waals surface area contributed by atoms with Gasteiger partial charge in [-0.15, -0.1) is 5.10 Å². The fourth-order valence-corrected chi connectivity index (χ4v) is 4.18. The van der Waals surface area contributed by atoms with Crippen molar-refractivity contribution in [2.24, 2.45) is 5.92 Å². The molecule has 0 radical (unpaired) electrons. The molecule has 10 nitrogen and oxygen atoms in total. The zero-order chi connectivity index (χ0) is 22.6. The van der Waals surface area contributed by atoms with Crippen LogP contribution in [0.15, 0.2) is 60.0 Å². The zero-order valence-electron chi connectivity index (χ0n) is 18.3. The molecule has 4 aromatic rings. The SMILES string of the molecule is Cc1cnc(NCC2CC[C@H](Nc3ccc(-n4cccc(-c5cn[nH]c5)c4=O)cn3)C2)nn1. The highest BCUT2D eigenvalue weighted by Crippen LogP contribution is 2.28. The van der Waals surface area contributed by atoms with E-state index < -0.39 is 0 Å². The minimum absolute atomic E-state index is 0.111. The molecule has 2 atom stereocenters. The maximum absolute atomic E-state index is 12.9. The molecule has 168 valence electrons. The molecular formula is C23H25N9O. The summed E-state index contributed by atoms with van der Waals surface area (Å²) in [6.45, 7) is 2.69. The van der Waals surface area contributed by atoms with Crippen LogP contribution in [-0.2, 0) is 0 Å². The van der Waals surface area contributed by atoms with Gasteiger partial charge in [0.2, 0.25) is 5.95 Å². The van der Waals surface area contributed by atoms with Gasteiger partial charge >= 0.3 is 0 Å². The summed E-state index contributed by atoms with van der Waals surface area (Å²) in [5.41, 5.74) is 2.76. The third-order valence-corrected chi connectivity index (χ3v) is 5.90. The van der Waals surface area contributed by atoms with Crippen LogP contribution in [0.5, 0.6) is 0 Å². The van der Waals surface area contributed by atoms with Gasteiger partial charge in [0.05, 0.1) is 35.5 Å². The van der Waals surface area contributed by atoms with E-state index in [2.05, 4.69) is 41.0 Å². The summed E-state index contributed by atoms with van der Waals surface area (Å²) >= 11 is 0. The van der Waals surface area contributed by atoms with Crippen LogP contribution < -0.4 is 16.2 Å². The Labute approximate surface area is 190 Å². The number of nitrogens with one attached hydrogen (secondary N) is 3. The zero-order valence-corrected chi connectivity index (χ0v) is 18.3. The van der Waals surface area contributed by atoms with Crippen molar-refractivity contribution < 1.29 is 0 Å². The van der Waals surface area contributed by atoms with E-state index in [4.69, 9.17) is 0 Å². The second-order valence-corrected chi connectivity index (χ2v) is 8.31. The van der Waals surface area contributed by atoms with Gasteiger partial charge in [-0.1, -0.05) is 0 Å². The Hall–Kier alpha value is -4.08. The van der Waals surface area contributed by atoms with Crippen LogP contribution in [0.1, 0.15) is 25.0 Å². The van der Waals surface area contributed by atoms with Crippen LogP contribution in [0.25, 0.3) is 16.8 Å². The van der Waals surface area contributed by atoms with E-state index >= 15 is 0 Å². The largest absolute Gasteiger partial charge is 0.367 e. The van der Waals surface area contributed by atoms with E-state index in [1.807, 2.05) is 25.1 Å². The van der Waals surface area contributed by atoms with Crippen LogP contribution in [-0.4, -0.2) is 47.5 Å². The van der Waals surface area contributed by atoms with Crippen LogP contribution >= 0.6 is 0 Å². The Kier molecular flexibility index (Phi) is 5.79. The fourth-order valence-electron chi connectivity index (χ4n) is 4.18. The topological polar surface area (TPSA) is 126 Å². The standard InChI is InChI=1S/C23H25N9O/c1-15-10-25-23(31-30-15)26-11-16-4-5-18(9-16)29-21-7-6-19(14-24-21)32-8-2-3-20(22(32)33)17-12-27-28-13-17/h2-3,6-8,10,12-14,16,18H,4-5,9,11H2,1H3,(H,24,29)(H,27,28)(H,25,26,31)/t16?,18-/m0/s1. The quantitative estimate of drug-likeness (QED) is 0.398. The van der Waals surface area contributed by atoms with Crippen molar-refractivity contribution in [3.05, 3.63) is 71.3 Å². The Morgan fingerprint density at radius 3 is 2.82 bits per heavy atom. The van der Waals surface area contributed by atoms with Crippen molar-refractivity contribution >= 4 is 11.8 Å². The fraction of sp³-hybridized carbons (Fsp3) is 0.304. The molecule has 0 aromatic carbocycles. The van der Waals surface area contributed by atoms with Crippen LogP contribution in [0.3, 0.4) is 0 Å². The van der Waals surface area contributed by atoms with Gasteiger partial charge < -0.3 is 10.6 Å². The summed E-state index contributed by atoms with van der Waals surface area (Å²) < 4.78 is 1.60. The minimum atomic E-state index is -0.111. The number of nitrogens with zero attached hydrogens (tertiary/aromatic N) is 6. The summed E-state index contributed by atoms with van der Waals surface area (Å²) in [5, 5.41) is 21.6. The van der Waals surface area contributed by atoms with Gasteiger partial charge in [0, 0.05) is 30.5 Å². The number of rotatable bonds is 7. The van der Waals surface area contributed by atoms with Crippen LogP contribution in [0.4, 0.5) is 11.8 Å². The number of hydrogen-bond donors (Lipinski definition) is 3. The highest BCUT2D eigenvalue weighted by atomic mass is 16.1. The second kappa shape index (κ2) is 9.19. The first-order valence-electron chi connectivity index (χ1n) is 11.0. The van der Waals surface area contributed by atoms with Crippen molar-refractivity contribution in [2.75, 3.05) is 17.2 Å². The van der Waals surface area contributed by atoms with E-state index in [-0.39, 0.29) is 5.56 Å². The van der Waals surface area contributed by atoms with Gasteiger partial charge in [-0.2, -0.15) is 10.2 Å². The third kappa shape index (κ3) is 4.74. The van der Waals surface area contributed by atoms with Gasteiger partial charge in [0.1, 0.15) is 5.82 Å². The van der Waals surface area contributed by atoms with Gasteiger partial charge in [-0.05, 0) is 56.4 Å². The third-order valence-electron chi connectivity index (χ3n) is 5.90. The monoisotopic (exact) mass is 443 g/mol. The number of H-pyrrole nitrogens is 1. The molecule has 0 saturated heterocycles. The summed E-state index contributed by atoms with van der Waals surface area (Å²) in [5.74, 6) is 1.92. The summed E-state index contributed by atoms with van der Waals surface area (Å²) in [7, 11) is 0. The Bertz CT molecular complexity index is 1250. The average molecular weight is 444 g/mol. The molecule has 0 bridgehead atoms. The highest BCUT2D eigenvalue weighted by Gasteiger charge is 2.25. The first-order chi connectivity index (χ1) is 16.2. The van der Waals surface area contributed by atoms with E-state index in [0.29, 0.717) is 23.5 Å². The molecule has 5 rings (SSSR count). The molecule has 1 unspecified atom stereocenters. The van der Waals surface area contributed by atoms with Crippen molar-refractivity contribution in [2.45, 2.75) is 32.2 Å². The maximum atomic E-state index is 12.9. The van der Waals surface area contributed by atoms with Gasteiger partial charge in [0.15, 0.2) is 0 Å². The molecule has 33 heavy (non-hydrogen) atoms. The van der Waals surface area contributed by atoms with E-state index in [1.165, 1.54) is 0 Å². The Morgan fingerprint density at radius 2 is 2.06 bits per heavy atom. The van der Waals surface area contributed by atoms with Crippen molar-refractivity contribution in [1.29, 1.82) is 0 Å². The minimum Gasteiger partial charge on any atom is -0.367 e. The van der Waals surface area contributed by atoms with Gasteiger partial charge in [-0.25, -0.2) is 9.97 Å². The molecule has 0 aliphatic heterocycles. The Morgan fingerprint density at radius 1 is 1.12 bits per heavy atom. The molecule has 0 spiro atoms. The lowest BCUT2D eigenvalue weighted by Gasteiger charge is -2.15. The second-order valence-electron chi connectivity index (χ2n) is 8.31. The molecule has 1 aliphatic rings. The number of hydrogen-bond acceptors (Lipinski definition) is 8. The number of aromatic nitrogens is 7. The van der Waals surface area contributed by atoms with Crippen molar-refractivity contribution in [3.8, 4) is 16.8 Å². The van der Waals surface area contributed by atoms with Gasteiger partial charge in [0.25, 0.3) is 5.56 Å². The van der Waals surface area contributed by atoms with E-state index in [1.54, 1.807) is 41.6 Å². The predicted molar refractivity (Wildman–Crippen MR) is 125 cm³/mol. The van der Waals surface area contributed by atoms with Crippen LogP contribution in [0.2, 0.25) is 0 Å². The van der Waals surface area contributed by atoms with E-state index in [0.717, 1.165) is 48.6 Å². The molecule has 3 N–H and O–H groups in total. The lowest BCUT2D eigenvalue weighted by atomic mass is 10.1. The number of aryl methyl sites for hydroxylation is 1. The van der Waals surface area contributed by atoms with Gasteiger partial charge in [-0.3, -0.25) is 14.5 Å². The molecule has 1 fully saturated rings. The summed E-state index contributed by atoms with van der Waals surface area (Å²) in [4.78, 5) is 21.7. The molecular weight excluding hydrogens is 418 g/mol. The van der Waals surface area contributed by atoms with Crippen molar-refractivity contribution in [3.63, 3.8) is 0 Å². The molecule has 4 aromatic heterocycles. The highest BCUT2D eigenvalue weighted by molar-refractivity contribution is 5.60. The Balaban J connectivity index is 1.19. The molecule has 0 amide bonds.